The van der Waals surface area contributed by atoms with Crippen molar-refractivity contribution in [2.75, 3.05) is 26.2 Å². The van der Waals surface area contributed by atoms with Gasteiger partial charge in [0, 0.05) is 32.0 Å². The van der Waals surface area contributed by atoms with E-state index in [9.17, 15) is 4.79 Å². The molecule has 3 heterocycles. The van der Waals surface area contributed by atoms with Gasteiger partial charge in [0.05, 0.1) is 0 Å². The number of amides is 1. The molecule has 0 radical (unpaired) electrons. The first kappa shape index (κ1) is 10.8. The lowest BCUT2D eigenvalue weighted by molar-refractivity contribution is -0.121. The third kappa shape index (κ3) is 1.95. The number of likely N-dealkylation sites (tertiary alicyclic amines) is 1. The number of hydrogen-bond acceptors (Lipinski definition) is 3. The summed E-state index contributed by atoms with van der Waals surface area (Å²) < 4.78 is 2.17. The third-order valence-electron chi connectivity index (χ3n) is 3.81. The average Bonchev–Trinajstić information content (AvgIpc) is 2.99. The van der Waals surface area contributed by atoms with Crippen LogP contribution in [0.25, 0.3) is 0 Å². The van der Waals surface area contributed by atoms with Gasteiger partial charge in [-0.05, 0) is 25.9 Å². The molecular weight excluding hydrogens is 216 g/mol. The van der Waals surface area contributed by atoms with Gasteiger partial charge in [-0.15, -0.1) is 0 Å². The van der Waals surface area contributed by atoms with Crippen LogP contribution in [0.4, 0.5) is 0 Å². The van der Waals surface area contributed by atoms with E-state index < -0.39 is 0 Å². The Hall–Kier alpha value is -1.36. The molecule has 1 aromatic heterocycles. The smallest absolute Gasteiger partial charge is 0.210 e. The van der Waals surface area contributed by atoms with E-state index in [1.807, 2.05) is 17.3 Å². The average molecular weight is 234 g/mol. The van der Waals surface area contributed by atoms with Crippen LogP contribution in [0, 0.1) is 0 Å². The Morgan fingerprint density at radius 2 is 2.12 bits per heavy atom. The monoisotopic (exact) mass is 234 g/mol. The Balaban J connectivity index is 1.81. The number of carbonyl (C=O) groups excluding carboxylic acids is 1. The summed E-state index contributed by atoms with van der Waals surface area (Å²) in [5.74, 6) is 1.04. The quantitative estimate of drug-likeness (QED) is 0.715. The van der Waals surface area contributed by atoms with E-state index in [1.54, 1.807) is 0 Å². The predicted octanol–water partition coefficient (Wildman–Crippen LogP) is 0.492. The third-order valence-corrected chi connectivity index (χ3v) is 3.81. The van der Waals surface area contributed by atoms with Crippen LogP contribution in [0.2, 0.25) is 0 Å². The van der Waals surface area contributed by atoms with Crippen molar-refractivity contribution in [3.05, 3.63) is 18.2 Å². The summed E-state index contributed by atoms with van der Waals surface area (Å²) >= 11 is 0. The van der Waals surface area contributed by atoms with E-state index in [0.29, 0.717) is 0 Å². The summed E-state index contributed by atoms with van der Waals surface area (Å²) in [6.45, 7) is 4.90. The second-order valence-electron chi connectivity index (χ2n) is 4.85. The first-order chi connectivity index (χ1) is 8.38. The molecule has 17 heavy (non-hydrogen) atoms. The van der Waals surface area contributed by atoms with E-state index >= 15 is 0 Å². The van der Waals surface area contributed by atoms with Crippen LogP contribution in [0.15, 0.2) is 12.4 Å². The summed E-state index contributed by atoms with van der Waals surface area (Å²) in [5.41, 5.74) is 0. The molecule has 0 saturated carbocycles. The molecule has 1 fully saturated rings. The summed E-state index contributed by atoms with van der Waals surface area (Å²) in [7, 11) is 0. The van der Waals surface area contributed by atoms with Gasteiger partial charge in [0.2, 0.25) is 6.41 Å². The molecule has 2 aliphatic heterocycles. The molecule has 1 unspecified atom stereocenters. The zero-order chi connectivity index (χ0) is 11.7. The lowest BCUT2D eigenvalue weighted by Gasteiger charge is -2.35. The number of hydrogen-bond donors (Lipinski definition) is 0. The Morgan fingerprint density at radius 3 is 2.88 bits per heavy atom. The lowest BCUT2D eigenvalue weighted by Crippen LogP contribution is -2.42. The molecule has 0 aliphatic carbocycles. The van der Waals surface area contributed by atoms with Crippen LogP contribution in [0.5, 0.6) is 0 Å². The van der Waals surface area contributed by atoms with Crippen LogP contribution in [-0.2, 0) is 11.3 Å². The molecule has 0 N–H and O–H groups in total. The summed E-state index contributed by atoms with van der Waals surface area (Å²) in [6.07, 6.45) is 7.37. The first-order valence-electron chi connectivity index (χ1n) is 6.33. The number of rotatable bonds is 3. The van der Waals surface area contributed by atoms with Crippen molar-refractivity contribution in [3.63, 3.8) is 0 Å². The van der Waals surface area contributed by atoms with Crippen molar-refractivity contribution < 1.29 is 4.79 Å². The molecule has 0 bridgehead atoms. The fourth-order valence-corrected chi connectivity index (χ4v) is 2.86. The Kier molecular flexibility index (Phi) is 2.84. The van der Waals surface area contributed by atoms with Crippen LogP contribution >= 0.6 is 0 Å². The minimum atomic E-state index is 0.134. The SMILES string of the molecule is O=CN1CCn2ccnc2C1CN1CCCC1. The molecule has 1 aromatic rings. The second kappa shape index (κ2) is 4.49. The van der Waals surface area contributed by atoms with Gasteiger partial charge in [-0.1, -0.05) is 0 Å². The predicted molar refractivity (Wildman–Crippen MR) is 63.4 cm³/mol. The largest absolute Gasteiger partial charge is 0.332 e. The van der Waals surface area contributed by atoms with Gasteiger partial charge in [-0.2, -0.15) is 0 Å². The highest BCUT2D eigenvalue weighted by Gasteiger charge is 2.30. The van der Waals surface area contributed by atoms with Crippen LogP contribution < -0.4 is 0 Å². The highest BCUT2D eigenvalue weighted by molar-refractivity contribution is 5.48. The molecule has 1 atom stereocenters. The second-order valence-corrected chi connectivity index (χ2v) is 4.85. The van der Waals surface area contributed by atoms with Crippen molar-refractivity contribution in [3.8, 4) is 0 Å². The first-order valence-corrected chi connectivity index (χ1v) is 6.33. The van der Waals surface area contributed by atoms with Crippen LogP contribution in [0.1, 0.15) is 24.7 Å². The van der Waals surface area contributed by atoms with E-state index in [-0.39, 0.29) is 6.04 Å². The molecule has 0 aromatic carbocycles. The maximum absolute atomic E-state index is 11.1. The molecule has 3 rings (SSSR count). The molecule has 2 aliphatic rings. The van der Waals surface area contributed by atoms with Crippen molar-refractivity contribution in [1.29, 1.82) is 0 Å². The number of fused-ring (bicyclic) bond motifs is 1. The van der Waals surface area contributed by atoms with Gasteiger partial charge in [-0.3, -0.25) is 4.79 Å². The topological polar surface area (TPSA) is 41.4 Å². The fourth-order valence-electron chi connectivity index (χ4n) is 2.86. The number of imidazole rings is 1. The maximum atomic E-state index is 11.1. The Bertz CT molecular complexity index is 397. The highest BCUT2D eigenvalue weighted by Crippen LogP contribution is 2.25. The van der Waals surface area contributed by atoms with Gasteiger partial charge in [0.25, 0.3) is 0 Å². The van der Waals surface area contributed by atoms with Crippen molar-refractivity contribution in [1.82, 2.24) is 19.4 Å². The Labute approximate surface area is 101 Å². The van der Waals surface area contributed by atoms with Gasteiger partial charge in [-0.25, -0.2) is 4.98 Å². The van der Waals surface area contributed by atoms with E-state index in [4.69, 9.17) is 0 Å². The summed E-state index contributed by atoms with van der Waals surface area (Å²) in [6, 6.07) is 0.134. The van der Waals surface area contributed by atoms with E-state index in [2.05, 4.69) is 14.5 Å². The molecule has 1 amide bonds. The summed E-state index contributed by atoms with van der Waals surface area (Å²) in [5, 5.41) is 0. The molecule has 5 heteroatoms. The zero-order valence-corrected chi connectivity index (χ0v) is 9.96. The molecule has 1 saturated heterocycles. The maximum Gasteiger partial charge on any atom is 0.210 e. The van der Waals surface area contributed by atoms with E-state index in [1.165, 1.54) is 12.8 Å². The van der Waals surface area contributed by atoms with Crippen molar-refractivity contribution in [2.45, 2.75) is 25.4 Å². The molecule has 5 nitrogen and oxygen atoms in total. The van der Waals surface area contributed by atoms with Crippen molar-refractivity contribution >= 4 is 6.41 Å². The highest BCUT2D eigenvalue weighted by atomic mass is 16.1. The minimum absolute atomic E-state index is 0.134. The van der Waals surface area contributed by atoms with Gasteiger partial charge >= 0.3 is 0 Å². The standard InChI is InChI=1S/C12H18N4O/c17-10-16-8-7-15-6-3-13-12(15)11(16)9-14-4-1-2-5-14/h3,6,10-11H,1-2,4-5,7-9H2. The lowest BCUT2D eigenvalue weighted by atomic mass is 10.2. The number of aromatic nitrogens is 2. The van der Waals surface area contributed by atoms with Crippen LogP contribution in [0.3, 0.4) is 0 Å². The number of carbonyl (C=O) groups is 1. The van der Waals surface area contributed by atoms with Gasteiger partial charge in [0.15, 0.2) is 0 Å². The van der Waals surface area contributed by atoms with Crippen molar-refractivity contribution in [2.24, 2.45) is 0 Å². The van der Waals surface area contributed by atoms with Gasteiger partial charge < -0.3 is 14.4 Å². The summed E-state index contributed by atoms with van der Waals surface area (Å²) in [4.78, 5) is 19.9. The minimum Gasteiger partial charge on any atom is -0.332 e. The van der Waals surface area contributed by atoms with Gasteiger partial charge in [0.1, 0.15) is 11.9 Å². The molecule has 0 spiro atoms. The van der Waals surface area contributed by atoms with E-state index in [0.717, 1.165) is 45.0 Å². The van der Waals surface area contributed by atoms with Crippen LogP contribution in [-0.4, -0.2) is 51.9 Å². The fraction of sp³-hybridized carbons (Fsp3) is 0.667. The molecule has 92 valence electrons. The molecular formula is C12H18N4O. The normalized spacial score (nSPS) is 24.9. The zero-order valence-electron chi connectivity index (χ0n) is 9.96. The Morgan fingerprint density at radius 1 is 1.29 bits per heavy atom. The number of nitrogens with zero attached hydrogens (tertiary/aromatic N) is 4.